The predicted molar refractivity (Wildman–Crippen MR) is 95.0 cm³/mol. The molecule has 0 amide bonds. The number of aryl methyl sites for hydroxylation is 1. The molecule has 2 heteroatoms. The van der Waals surface area contributed by atoms with Gasteiger partial charge in [0, 0.05) is 18.2 Å². The minimum atomic E-state index is 0.0469. The van der Waals surface area contributed by atoms with Crippen molar-refractivity contribution in [3.05, 3.63) is 28.8 Å². The smallest absolute Gasteiger partial charge is 0.188 e. The van der Waals surface area contributed by atoms with E-state index in [1.807, 2.05) is 0 Å². The minimum Gasteiger partial charge on any atom is -0.467 e. The lowest BCUT2D eigenvalue weighted by atomic mass is 9.78. The van der Waals surface area contributed by atoms with Crippen molar-refractivity contribution in [3.8, 4) is 5.75 Å². The molecule has 0 aliphatic carbocycles. The van der Waals surface area contributed by atoms with Gasteiger partial charge in [0.25, 0.3) is 0 Å². The molecule has 0 aliphatic heterocycles. The summed E-state index contributed by atoms with van der Waals surface area (Å²) in [6.07, 6.45) is 3.58. The fraction of sp³-hybridized carbons (Fsp3) is 0.700. The summed E-state index contributed by atoms with van der Waals surface area (Å²) < 4.78 is 11.2. The SMILES string of the molecule is CCCCc1cc(C(C)(C)C)c(OCOC)c(C(C)(C)C)c1. The third-order valence-corrected chi connectivity index (χ3v) is 3.90. The lowest BCUT2D eigenvalue weighted by Gasteiger charge is -2.30. The summed E-state index contributed by atoms with van der Waals surface area (Å²) in [7, 11) is 1.67. The molecule has 0 radical (unpaired) electrons. The highest BCUT2D eigenvalue weighted by Crippen LogP contribution is 2.41. The van der Waals surface area contributed by atoms with E-state index >= 15 is 0 Å². The molecule has 0 atom stereocenters. The van der Waals surface area contributed by atoms with Gasteiger partial charge in [0.1, 0.15) is 5.75 Å². The third kappa shape index (κ3) is 5.01. The predicted octanol–water partition coefficient (Wildman–Crippen LogP) is 5.61. The van der Waals surface area contributed by atoms with Crippen LogP contribution in [0.25, 0.3) is 0 Å². The van der Waals surface area contributed by atoms with Crippen molar-refractivity contribution < 1.29 is 9.47 Å². The zero-order chi connectivity index (χ0) is 17.0. The van der Waals surface area contributed by atoms with Crippen molar-refractivity contribution in [2.45, 2.75) is 78.6 Å². The second-order valence-electron chi connectivity index (χ2n) is 8.17. The molecule has 126 valence electrons. The van der Waals surface area contributed by atoms with Gasteiger partial charge in [0.15, 0.2) is 6.79 Å². The average Bonchev–Trinajstić information content (AvgIpc) is 2.40. The van der Waals surface area contributed by atoms with E-state index in [1.165, 1.54) is 29.5 Å². The van der Waals surface area contributed by atoms with Crippen molar-refractivity contribution in [1.29, 1.82) is 0 Å². The molecule has 0 heterocycles. The number of rotatable bonds is 6. The summed E-state index contributed by atoms with van der Waals surface area (Å²) >= 11 is 0. The monoisotopic (exact) mass is 306 g/mol. The summed E-state index contributed by atoms with van der Waals surface area (Å²) in [4.78, 5) is 0. The van der Waals surface area contributed by atoms with E-state index in [0.29, 0.717) is 6.79 Å². The Morgan fingerprint density at radius 3 is 1.77 bits per heavy atom. The topological polar surface area (TPSA) is 18.5 Å². The Morgan fingerprint density at radius 2 is 1.41 bits per heavy atom. The molecule has 0 aliphatic rings. The normalized spacial score (nSPS) is 12.5. The Hall–Kier alpha value is -1.02. The molecule has 0 N–H and O–H groups in total. The maximum atomic E-state index is 6.01. The van der Waals surface area contributed by atoms with Gasteiger partial charge in [-0.1, -0.05) is 67.0 Å². The number of benzene rings is 1. The maximum absolute atomic E-state index is 6.01. The van der Waals surface area contributed by atoms with Crippen LogP contribution in [0.5, 0.6) is 5.75 Å². The van der Waals surface area contributed by atoms with Crippen LogP contribution in [0.2, 0.25) is 0 Å². The zero-order valence-corrected chi connectivity index (χ0v) is 15.8. The van der Waals surface area contributed by atoms with Crippen molar-refractivity contribution >= 4 is 0 Å². The van der Waals surface area contributed by atoms with E-state index in [4.69, 9.17) is 9.47 Å². The Balaban J connectivity index is 3.47. The van der Waals surface area contributed by atoms with Crippen molar-refractivity contribution in [2.24, 2.45) is 0 Å². The Bertz CT molecular complexity index is 440. The second-order valence-corrected chi connectivity index (χ2v) is 8.17. The largest absolute Gasteiger partial charge is 0.467 e. The standard InChI is InChI=1S/C20H34O2/c1-9-10-11-15-12-16(19(2,3)4)18(22-14-21-8)17(13-15)20(5,6)7/h12-13H,9-11,14H2,1-8H3. The Morgan fingerprint density at radius 1 is 0.909 bits per heavy atom. The average molecular weight is 306 g/mol. The molecule has 0 spiro atoms. The van der Waals surface area contributed by atoms with Gasteiger partial charge in [0.05, 0.1) is 0 Å². The molecule has 22 heavy (non-hydrogen) atoms. The van der Waals surface area contributed by atoms with Gasteiger partial charge in [-0.25, -0.2) is 0 Å². The van der Waals surface area contributed by atoms with E-state index in [9.17, 15) is 0 Å². The first-order valence-electron chi connectivity index (χ1n) is 8.41. The van der Waals surface area contributed by atoms with Crippen LogP contribution in [0.4, 0.5) is 0 Å². The van der Waals surface area contributed by atoms with Crippen LogP contribution in [-0.4, -0.2) is 13.9 Å². The fourth-order valence-corrected chi connectivity index (χ4v) is 2.60. The number of hydrogen-bond acceptors (Lipinski definition) is 2. The Kier molecular flexibility index (Phi) is 6.49. The van der Waals surface area contributed by atoms with Crippen LogP contribution in [0, 0.1) is 0 Å². The molecule has 0 bridgehead atoms. The molecule has 0 unspecified atom stereocenters. The quantitative estimate of drug-likeness (QED) is 0.636. The summed E-state index contributed by atoms with van der Waals surface area (Å²) in [5.74, 6) is 1.00. The lowest BCUT2D eigenvalue weighted by molar-refractivity contribution is 0.0484. The molecule has 1 rings (SSSR count). The number of hydrogen-bond donors (Lipinski definition) is 0. The molecule has 2 nitrogen and oxygen atoms in total. The van der Waals surface area contributed by atoms with Crippen LogP contribution < -0.4 is 4.74 Å². The van der Waals surface area contributed by atoms with Crippen LogP contribution in [-0.2, 0) is 22.0 Å². The highest BCUT2D eigenvalue weighted by Gasteiger charge is 2.27. The molecule has 0 fully saturated rings. The molecular weight excluding hydrogens is 272 g/mol. The first-order chi connectivity index (χ1) is 10.1. The van der Waals surface area contributed by atoms with Gasteiger partial charge in [-0.3, -0.25) is 0 Å². The van der Waals surface area contributed by atoms with Crippen molar-refractivity contribution in [1.82, 2.24) is 0 Å². The number of unbranched alkanes of at least 4 members (excludes halogenated alkanes) is 1. The first kappa shape index (κ1) is 19.0. The maximum Gasteiger partial charge on any atom is 0.188 e. The highest BCUT2D eigenvalue weighted by molar-refractivity contribution is 5.51. The Labute approximate surface area is 137 Å². The number of methoxy groups -OCH3 is 1. The van der Waals surface area contributed by atoms with Gasteiger partial charge in [-0.15, -0.1) is 0 Å². The molecule has 1 aromatic carbocycles. The molecule has 0 saturated carbocycles. The van der Waals surface area contributed by atoms with Crippen LogP contribution in [0.1, 0.15) is 78.0 Å². The first-order valence-corrected chi connectivity index (χ1v) is 8.41. The van der Waals surface area contributed by atoms with Crippen molar-refractivity contribution in [2.75, 3.05) is 13.9 Å². The van der Waals surface area contributed by atoms with Crippen molar-refractivity contribution in [3.63, 3.8) is 0 Å². The third-order valence-electron chi connectivity index (χ3n) is 3.90. The summed E-state index contributed by atoms with van der Waals surface area (Å²) in [6.45, 7) is 16.0. The van der Waals surface area contributed by atoms with Gasteiger partial charge < -0.3 is 9.47 Å². The molecule has 1 aromatic rings. The van der Waals surface area contributed by atoms with Crippen LogP contribution >= 0.6 is 0 Å². The second kappa shape index (κ2) is 7.50. The summed E-state index contributed by atoms with van der Waals surface area (Å²) in [5.41, 5.74) is 4.07. The van der Waals surface area contributed by atoms with Crippen LogP contribution in [0.15, 0.2) is 12.1 Å². The van der Waals surface area contributed by atoms with Crippen LogP contribution in [0.3, 0.4) is 0 Å². The van der Waals surface area contributed by atoms with E-state index < -0.39 is 0 Å². The van der Waals surface area contributed by atoms with E-state index in [-0.39, 0.29) is 10.8 Å². The fourth-order valence-electron chi connectivity index (χ4n) is 2.60. The van der Waals surface area contributed by atoms with E-state index in [1.54, 1.807) is 7.11 Å². The van der Waals surface area contributed by atoms with Gasteiger partial charge in [-0.2, -0.15) is 0 Å². The molecule has 0 saturated heterocycles. The van der Waals surface area contributed by atoms with Gasteiger partial charge in [0.2, 0.25) is 0 Å². The van der Waals surface area contributed by atoms with Gasteiger partial charge >= 0.3 is 0 Å². The zero-order valence-electron chi connectivity index (χ0n) is 15.8. The van der Waals surface area contributed by atoms with E-state index in [0.717, 1.165) is 12.2 Å². The molecule has 0 aromatic heterocycles. The van der Waals surface area contributed by atoms with E-state index in [2.05, 4.69) is 60.6 Å². The number of ether oxygens (including phenoxy) is 2. The van der Waals surface area contributed by atoms with Gasteiger partial charge in [-0.05, 0) is 29.2 Å². The highest BCUT2D eigenvalue weighted by atomic mass is 16.7. The summed E-state index contributed by atoms with van der Waals surface area (Å²) in [6, 6.07) is 4.66. The molecular formula is C20H34O2. The lowest BCUT2D eigenvalue weighted by Crippen LogP contribution is -2.21. The minimum absolute atomic E-state index is 0.0469. The summed E-state index contributed by atoms with van der Waals surface area (Å²) in [5, 5.41) is 0.